The minimum atomic E-state index is -2.76. The first-order chi connectivity index (χ1) is 11.2. The summed E-state index contributed by atoms with van der Waals surface area (Å²) in [6.07, 6.45) is -0.101. The van der Waals surface area contributed by atoms with E-state index in [9.17, 15) is 18.4 Å². The number of aryl methyl sites for hydroxylation is 2. The molecule has 7 nitrogen and oxygen atoms in total. The van der Waals surface area contributed by atoms with E-state index >= 15 is 0 Å². The molecular formula is C15H17F2N3O4. The topological polar surface area (TPSA) is 97.4 Å². The van der Waals surface area contributed by atoms with Crippen LogP contribution in [0.15, 0.2) is 10.5 Å². The maximum atomic E-state index is 12.8. The maximum absolute atomic E-state index is 12.8. The molecule has 2 heterocycles. The molecule has 2 aromatic heterocycles. The van der Waals surface area contributed by atoms with E-state index in [-0.39, 0.29) is 30.0 Å². The number of rotatable bonds is 6. The molecule has 2 aromatic rings. The van der Waals surface area contributed by atoms with E-state index in [1.807, 2.05) is 0 Å². The molecule has 2 N–H and O–H groups in total. The zero-order chi connectivity index (χ0) is 18.0. The molecule has 0 spiro atoms. The summed E-state index contributed by atoms with van der Waals surface area (Å²) in [7, 11) is 0. The smallest absolute Gasteiger partial charge is 0.339 e. The number of carboxylic acids is 1. The zero-order valence-electron chi connectivity index (χ0n) is 13.4. The Bertz CT molecular complexity index is 780. The SMILES string of the molecule is Cc1nn(C(F)F)c(C)c1CC(=O)NCc1cc(C(=O)O)c(C)o1. The van der Waals surface area contributed by atoms with Crippen LogP contribution in [0, 0.1) is 20.8 Å². The normalized spacial score (nSPS) is 11.1. The number of carbonyl (C=O) groups excluding carboxylic acids is 1. The highest BCUT2D eigenvalue weighted by Gasteiger charge is 2.19. The van der Waals surface area contributed by atoms with Gasteiger partial charge in [-0.2, -0.15) is 13.9 Å². The largest absolute Gasteiger partial charge is 0.478 e. The van der Waals surface area contributed by atoms with E-state index in [0.29, 0.717) is 21.7 Å². The van der Waals surface area contributed by atoms with Crippen LogP contribution in [-0.2, 0) is 17.8 Å². The van der Waals surface area contributed by atoms with Crippen molar-refractivity contribution in [3.8, 4) is 0 Å². The molecule has 0 bridgehead atoms. The van der Waals surface area contributed by atoms with Crippen molar-refractivity contribution < 1.29 is 27.9 Å². The molecule has 0 aliphatic carbocycles. The summed E-state index contributed by atoms with van der Waals surface area (Å²) in [5.41, 5.74) is 1.07. The lowest BCUT2D eigenvalue weighted by atomic mass is 10.1. The Morgan fingerprint density at radius 3 is 2.54 bits per heavy atom. The van der Waals surface area contributed by atoms with Crippen molar-refractivity contribution in [3.05, 3.63) is 40.1 Å². The van der Waals surface area contributed by atoms with Gasteiger partial charge in [-0.25, -0.2) is 9.48 Å². The fraction of sp³-hybridized carbons (Fsp3) is 0.400. The Morgan fingerprint density at radius 2 is 2.04 bits per heavy atom. The maximum Gasteiger partial charge on any atom is 0.339 e. The number of nitrogens with one attached hydrogen (secondary N) is 1. The van der Waals surface area contributed by atoms with E-state index in [1.165, 1.54) is 19.9 Å². The van der Waals surface area contributed by atoms with E-state index in [2.05, 4.69) is 10.4 Å². The van der Waals surface area contributed by atoms with Gasteiger partial charge in [0.15, 0.2) is 0 Å². The summed E-state index contributed by atoms with van der Waals surface area (Å²) < 4.78 is 31.4. The predicted octanol–water partition coefficient (Wildman–Crippen LogP) is 2.35. The second kappa shape index (κ2) is 6.81. The molecule has 9 heteroatoms. The van der Waals surface area contributed by atoms with Crippen molar-refractivity contribution in [1.29, 1.82) is 0 Å². The molecule has 0 aromatic carbocycles. The minimum Gasteiger partial charge on any atom is -0.478 e. The van der Waals surface area contributed by atoms with Crippen molar-refractivity contribution in [1.82, 2.24) is 15.1 Å². The zero-order valence-corrected chi connectivity index (χ0v) is 13.4. The fourth-order valence-electron chi connectivity index (χ4n) is 2.39. The summed E-state index contributed by atoms with van der Waals surface area (Å²) in [5, 5.41) is 15.2. The Morgan fingerprint density at radius 1 is 1.38 bits per heavy atom. The standard InChI is InChI=1S/C15H17F2N3O4/c1-7-11(8(2)20(19-7)15(16)17)5-13(21)18-6-10-4-12(14(22)23)9(3)24-10/h4,15H,5-6H2,1-3H3,(H,18,21)(H,22,23). The van der Waals surface area contributed by atoms with Crippen molar-refractivity contribution in [2.75, 3.05) is 0 Å². The number of hydrogen-bond acceptors (Lipinski definition) is 4. The summed E-state index contributed by atoms with van der Waals surface area (Å²) in [5.74, 6) is -0.966. The highest BCUT2D eigenvalue weighted by atomic mass is 19.3. The Hall–Kier alpha value is -2.71. The first-order valence-corrected chi connectivity index (χ1v) is 7.12. The lowest BCUT2D eigenvalue weighted by molar-refractivity contribution is -0.120. The molecule has 0 saturated heterocycles. The number of carbonyl (C=O) groups is 2. The summed E-state index contributed by atoms with van der Waals surface area (Å²) in [6, 6.07) is 1.34. The number of halogens is 2. The van der Waals surface area contributed by atoms with Crippen molar-refractivity contribution in [2.45, 2.75) is 40.3 Å². The molecule has 2 rings (SSSR count). The summed E-state index contributed by atoms with van der Waals surface area (Å²) in [6.45, 7) is 1.79. The van der Waals surface area contributed by atoms with Crippen LogP contribution in [-0.4, -0.2) is 26.8 Å². The average molecular weight is 341 g/mol. The van der Waals surface area contributed by atoms with Gasteiger partial charge in [0.25, 0.3) is 0 Å². The van der Waals surface area contributed by atoms with Crippen LogP contribution < -0.4 is 5.32 Å². The molecule has 0 atom stereocenters. The minimum absolute atomic E-state index is 0.00797. The average Bonchev–Trinajstić information content (AvgIpc) is 3.00. The fourth-order valence-corrected chi connectivity index (χ4v) is 2.39. The molecule has 0 aliphatic rings. The quantitative estimate of drug-likeness (QED) is 0.840. The van der Waals surface area contributed by atoms with E-state index in [4.69, 9.17) is 9.52 Å². The predicted molar refractivity (Wildman–Crippen MR) is 78.9 cm³/mol. The number of aromatic nitrogens is 2. The van der Waals surface area contributed by atoms with Crippen LogP contribution in [0.2, 0.25) is 0 Å². The number of amides is 1. The summed E-state index contributed by atoms with van der Waals surface area (Å²) >= 11 is 0. The molecule has 0 unspecified atom stereocenters. The molecule has 1 amide bonds. The van der Waals surface area contributed by atoms with Crippen LogP contribution in [0.4, 0.5) is 8.78 Å². The van der Waals surface area contributed by atoms with Gasteiger partial charge >= 0.3 is 12.5 Å². The first kappa shape index (κ1) is 17.6. The monoisotopic (exact) mass is 341 g/mol. The van der Waals surface area contributed by atoms with Gasteiger partial charge in [-0.05, 0) is 26.8 Å². The number of furan rings is 1. The Balaban J connectivity index is 2.02. The van der Waals surface area contributed by atoms with Gasteiger partial charge in [-0.1, -0.05) is 0 Å². The van der Waals surface area contributed by atoms with Crippen LogP contribution in [0.1, 0.15) is 45.4 Å². The lowest BCUT2D eigenvalue weighted by Gasteiger charge is -2.05. The summed E-state index contributed by atoms with van der Waals surface area (Å²) in [4.78, 5) is 22.9. The number of alkyl halides is 2. The number of carboxylic acid groups (broad SMARTS) is 1. The second-order valence-corrected chi connectivity index (χ2v) is 5.31. The van der Waals surface area contributed by atoms with E-state index in [0.717, 1.165) is 0 Å². The third kappa shape index (κ3) is 3.61. The van der Waals surface area contributed by atoms with Crippen LogP contribution in [0.3, 0.4) is 0 Å². The van der Waals surface area contributed by atoms with Crippen LogP contribution in [0.25, 0.3) is 0 Å². The third-order valence-corrected chi connectivity index (χ3v) is 3.66. The van der Waals surface area contributed by atoms with Gasteiger partial charge in [0.2, 0.25) is 5.91 Å². The van der Waals surface area contributed by atoms with Gasteiger partial charge < -0.3 is 14.8 Å². The van der Waals surface area contributed by atoms with Gasteiger partial charge in [0.1, 0.15) is 17.1 Å². The lowest BCUT2D eigenvalue weighted by Crippen LogP contribution is -2.24. The number of aromatic carboxylic acids is 1. The third-order valence-electron chi connectivity index (χ3n) is 3.66. The van der Waals surface area contributed by atoms with Crippen molar-refractivity contribution >= 4 is 11.9 Å². The Kier molecular flexibility index (Phi) is 5.01. The van der Waals surface area contributed by atoms with Gasteiger partial charge in [0.05, 0.1) is 18.7 Å². The molecule has 0 fully saturated rings. The number of nitrogens with zero attached hydrogens (tertiary/aromatic N) is 2. The first-order valence-electron chi connectivity index (χ1n) is 7.12. The van der Waals surface area contributed by atoms with Crippen molar-refractivity contribution in [3.63, 3.8) is 0 Å². The highest BCUT2D eigenvalue weighted by Crippen LogP contribution is 2.20. The highest BCUT2D eigenvalue weighted by molar-refractivity contribution is 5.88. The molecular weight excluding hydrogens is 324 g/mol. The van der Waals surface area contributed by atoms with E-state index in [1.54, 1.807) is 6.92 Å². The molecule has 0 aliphatic heterocycles. The van der Waals surface area contributed by atoms with Gasteiger partial charge in [-0.3, -0.25) is 4.79 Å². The van der Waals surface area contributed by atoms with Crippen LogP contribution >= 0.6 is 0 Å². The molecule has 24 heavy (non-hydrogen) atoms. The Labute approximate surface area is 136 Å². The molecule has 0 saturated carbocycles. The second-order valence-electron chi connectivity index (χ2n) is 5.31. The van der Waals surface area contributed by atoms with Gasteiger partial charge in [-0.15, -0.1) is 0 Å². The van der Waals surface area contributed by atoms with E-state index < -0.39 is 18.4 Å². The van der Waals surface area contributed by atoms with Crippen LogP contribution in [0.5, 0.6) is 0 Å². The molecule has 0 radical (unpaired) electrons. The number of hydrogen-bond donors (Lipinski definition) is 2. The molecule has 130 valence electrons. The van der Waals surface area contributed by atoms with Crippen molar-refractivity contribution in [2.24, 2.45) is 0 Å². The van der Waals surface area contributed by atoms with Gasteiger partial charge in [0, 0.05) is 11.3 Å².